The number of anilines is 1. The molecule has 2 rings (SSSR count). The summed E-state index contributed by atoms with van der Waals surface area (Å²) in [5.74, 6) is 2.44. The van der Waals surface area contributed by atoms with Crippen molar-refractivity contribution >= 4 is 35.6 Å². The van der Waals surface area contributed by atoms with Gasteiger partial charge in [-0.05, 0) is 70.2 Å². The molecule has 1 fully saturated rings. The molecule has 0 heterocycles. The van der Waals surface area contributed by atoms with Crippen LogP contribution in [-0.2, 0) is 9.47 Å². The van der Waals surface area contributed by atoms with Crippen LogP contribution < -0.4 is 15.4 Å². The van der Waals surface area contributed by atoms with Gasteiger partial charge in [-0.2, -0.15) is 0 Å². The van der Waals surface area contributed by atoms with Gasteiger partial charge in [0.05, 0.1) is 12.7 Å². The number of aliphatic imine (C=N–C) groups is 1. The lowest BCUT2D eigenvalue weighted by atomic mass is 10.3. The number of halogens is 1. The van der Waals surface area contributed by atoms with Gasteiger partial charge in [-0.25, -0.2) is 0 Å². The molecule has 0 amide bonds. The Morgan fingerprint density at radius 1 is 1.14 bits per heavy atom. The smallest absolute Gasteiger partial charge is 0.195 e. The van der Waals surface area contributed by atoms with Crippen LogP contribution in [0.5, 0.6) is 5.75 Å². The fraction of sp³-hybridized carbons (Fsp3) is 0.667. The summed E-state index contributed by atoms with van der Waals surface area (Å²) in [6.07, 6.45) is 3.75. The number of nitrogens with one attached hydrogen (secondary N) is 2. The predicted molar refractivity (Wildman–Crippen MR) is 126 cm³/mol. The molecule has 28 heavy (non-hydrogen) atoms. The topological polar surface area (TPSA) is 64.1 Å². The number of rotatable bonds is 13. The van der Waals surface area contributed by atoms with Crippen LogP contribution in [0.25, 0.3) is 0 Å². The number of hydrogen-bond donors (Lipinski definition) is 2. The van der Waals surface area contributed by atoms with Gasteiger partial charge in [0.25, 0.3) is 0 Å². The lowest BCUT2D eigenvalue weighted by molar-refractivity contribution is 0.123. The number of ether oxygens (including phenoxy) is 3. The van der Waals surface area contributed by atoms with Crippen LogP contribution in [0.3, 0.4) is 0 Å². The van der Waals surface area contributed by atoms with Crippen molar-refractivity contribution in [2.45, 2.75) is 46.1 Å². The Kier molecular flexibility index (Phi) is 13.3. The monoisotopic (exact) mass is 505 g/mol. The summed E-state index contributed by atoms with van der Waals surface area (Å²) in [5.41, 5.74) is 0.971. The van der Waals surface area contributed by atoms with E-state index in [4.69, 9.17) is 14.2 Å². The van der Waals surface area contributed by atoms with Crippen LogP contribution in [0.2, 0.25) is 0 Å². The molecule has 0 spiro atoms. The molecule has 0 aliphatic heterocycles. The number of hydrogen-bond acceptors (Lipinski definition) is 4. The Bertz CT molecular complexity index is 548. The molecule has 0 radical (unpaired) electrons. The fourth-order valence-electron chi connectivity index (χ4n) is 2.44. The van der Waals surface area contributed by atoms with Crippen LogP contribution >= 0.6 is 24.0 Å². The summed E-state index contributed by atoms with van der Waals surface area (Å²) in [7, 11) is 0. The molecule has 0 saturated heterocycles. The van der Waals surface area contributed by atoms with Crippen LogP contribution in [0.4, 0.5) is 5.69 Å². The van der Waals surface area contributed by atoms with Crippen molar-refractivity contribution in [1.29, 1.82) is 0 Å². The van der Waals surface area contributed by atoms with Crippen molar-refractivity contribution in [3.8, 4) is 5.75 Å². The molecular formula is C21H36IN3O3. The summed E-state index contributed by atoms with van der Waals surface area (Å²) in [6.45, 7) is 10.5. The fourth-order valence-corrected chi connectivity index (χ4v) is 2.44. The molecule has 1 aromatic rings. The third-order valence-corrected chi connectivity index (χ3v) is 4.00. The number of benzene rings is 1. The van der Waals surface area contributed by atoms with Crippen LogP contribution in [0.1, 0.15) is 40.0 Å². The molecule has 0 bridgehead atoms. The van der Waals surface area contributed by atoms with E-state index in [1.165, 1.54) is 12.8 Å². The first-order chi connectivity index (χ1) is 13.2. The molecule has 1 aliphatic rings. The summed E-state index contributed by atoms with van der Waals surface area (Å²) in [4.78, 5) is 4.65. The quantitative estimate of drug-likeness (QED) is 0.181. The molecule has 2 N–H and O–H groups in total. The van der Waals surface area contributed by atoms with Gasteiger partial charge < -0.3 is 24.8 Å². The Balaban J connectivity index is 0.00000392. The molecule has 1 aliphatic carbocycles. The number of nitrogens with zero attached hydrogens (tertiary/aromatic N) is 1. The minimum Gasteiger partial charge on any atom is -0.491 e. The SMILES string of the molecule is CCOCCNC(=NCCCOCC1CC1)Nc1ccc(OC(C)C)cc1.I. The highest BCUT2D eigenvalue weighted by Gasteiger charge is 2.20. The Morgan fingerprint density at radius 3 is 2.54 bits per heavy atom. The van der Waals surface area contributed by atoms with E-state index in [2.05, 4.69) is 15.6 Å². The van der Waals surface area contributed by atoms with Gasteiger partial charge in [-0.15, -0.1) is 24.0 Å². The van der Waals surface area contributed by atoms with Gasteiger partial charge >= 0.3 is 0 Å². The first-order valence-corrected chi connectivity index (χ1v) is 10.1. The molecule has 1 aromatic carbocycles. The van der Waals surface area contributed by atoms with Crippen molar-refractivity contribution in [1.82, 2.24) is 5.32 Å². The summed E-state index contributed by atoms with van der Waals surface area (Å²) < 4.78 is 16.7. The second-order valence-electron chi connectivity index (χ2n) is 7.04. The predicted octanol–water partition coefficient (Wildman–Crippen LogP) is 4.30. The maximum absolute atomic E-state index is 5.69. The van der Waals surface area contributed by atoms with Crippen molar-refractivity contribution in [3.63, 3.8) is 0 Å². The zero-order valence-corrected chi connectivity index (χ0v) is 19.7. The minimum atomic E-state index is 0. The first-order valence-electron chi connectivity index (χ1n) is 10.1. The summed E-state index contributed by atoms with van der Waals surface area (Å²) in [6, 6.07) is 7.92. The highest BCUT2D eigenvalue weighted by molar-refractivity contribution is 14.0. The Labute approximate surface area is 186 Å². The highest BCUT2D eigenvalue weighted by Crippen LogP contribution is 2.28. The molecule has 7 heteroatoms. The van der Waals surface area contributed by atoms with Gasteiger partial charge in [0.2, 0.25) is 0 Å². The van der Waals surface area contributed by atoms with E-state index in [1.54, 1.807) is 0 Å². The van der Waals surface area contributed by atoms with Crippen molar-refractivity contribution in [2.75, 3.05) is 44.8 Å². The van der Waals surface area contributed by atoms with Crippen molar-refractivity contribution < 1.29 is 14.2 Å². The zero-order valence-electron chi connectivity index (χ0n) is 17.4. The van der Waals surface area contributed by atoms with Crippen molar-refractivity contribution in [3.05, 3.63) is 24.3 Å². The second kappa shape index (κ2) is 14.9. The molecule has 0 unspecified atom stereocenters. The van der Waals surface area contributed by atoms with Gasteiger partial charge in [0, 0.05) is 38.6 Å². The lowest BCUT2D eigenvalue weighted by Gasteiger charge is -2.14. The van der Waals surface area contributed by atoms with Gasteiger partial charge in [-0.1, -0.05) is 0 Å². The standard InChI is InChI=1S/C21H35N3O3.HI/c1-4-25-15-13-23-21(22-12-5-14-26-16-18-6-7-18)24-19-8-10-20(11-9-19)27-17(2)3;/h8-11,17-18H,4-7,12-16H2,1-3H3,(H2,22,23,24);1H. The van der Waals surface area contributed by atoms with Crippen LogP contribution in [-0.4, -0.2) is 51.6 Å². The average molecular weight is 505 g/mol. The van der Waals surface area contributed by atoms with E-state index < -0.39 is 0 Å². The summed E-state index contributed by atoms with van der Waals surface area (Å²) in [5, 5.41) is 6.65. The minimum absolute atomic E-state index is 0. The molecule has 6 nitrogen and oxygen atoms in total. The largest absolute Gasteiger partial charge is 0.491 e. The molecule has 0 aromatic heterocycles. The molecule has 0 atom stereocenters. The van der Waals surface area contributed by atoms with E-state index in [-0.39, 0.29) is 30.1 Å². The maximum atomic E-state index is 5.69. The Hall–Kier alpha value is -1.06. The Morgan fingerprint density at radius 2 is 1.89 bits per heavy atom. The average Bonchev–Trinajstić information content (AvgIpc) is 3.47. The molecular weight excluding hydrogens is 469 g/mol. The van der Waals surface area contributed by atoms with E-state index in [0.717, 1.165) is 56.1 Å². The zero-order chi connectivity index (χ0) is 19.3. The van der Waals surface area contributed by atoms with E-state index in [0.29, 0.717) is 13.2 Å². The normalized spacial score (nSPS) is 13.9. The van der Waals surface area contributed by atoms with Gasteiger partial charge in [0.1, 0.15) is 5.75 Å². The van der Waals surface area contributed by atoms with E-state index in [1.807, 2.05) is 45.0 Å². The van der Waals surface area contributed by atoms with Gasteiger partial charge in [0.15, 0.2) is 5.96 Å². The second-order valence-corrected chi connectivity index (χ2v) is 7.04. The highest BCUT2D eigenvalue weighted by atomic mass is 127. The van der Waals surface area contributed by atoms with Crippen molar-refractivity contribution in [2.24, 2.45) is 10.9 Å². The van der Waals surface area contributed by atoms with Gasteiger partial charge in [-0.3, -0.25) is 4.99 Å². The first kappa shape index (κ1) is 25.0. The number of guanidine groups is 1. The van der Waals surface area contributed by atoms with Crippen LogP contribution in [0, 0.1) is 5.92 Å². The molecule has 1 saturated carbocycles. The van der Waals surface area contributed by atoms with E-state index >= 15 is 0 Å². The van der Waals surface area contributed by atoms with Crippen LogP contribution in [0.15, 0.2) is 29.3 Å². The molecule has 160 valence electrons. The van der Waals surface area contributed by atoms with E-state index in [9.17, 15) is 0 Å². The third-order valence-electron chi connectivity index (χ3n) is 4.00. The summed E-state index contributed by atoms with van der Waals surface area (Å²) >= 11 is 0. The maximum Gasteiger partial charge on any atom is 0.195 e. The lowest BCUT2D eigenvalue weighted by Crippen LogP contribution is -2.33. The third kappa shape index (κ3) is 11.7.